The zero-order valence-electron chi connectivity index (χ0n) is 18.6. The van der Waals surface area contributed by atoms with Gasteiger partial charge in [0.05, 0.1) is 16.1 Å². The minimum Gasteiger partial charge on any atom is -1.00 e. The van der Waals surface area contributed by atoms with Crippen LogP contribution in [-0.2, 0) is 9.31 Å². The van der Waals surface area contributed by atoms with E-state index in [2.05, 4.69) is 13.8 Å². The molecule has 0 unspecified atom stereocenters. The van der Waals surface area contributed by atoms with Crippen LogP contribution in [0.3, 0.4) is 0 Å². The van der Waals surface area contributed by atoms with Crippen LogP contribution >= 0.6 is 23.2 Å². The number of rotatable bonds is 4. The largest absolute Gasteiger partial charge is 1.00 e. The van der Waals surface area contributed by atoms with Gasteiger partial charge in [-0.3, -0.25) is 8.63 Å². The number of aliphatic hydroxyl groups is 1. The average molecular weight is 473 g/mol. The summed E-state index contributed by atoms with van der Waals surface area (Å²) in [5.41, 5.74) is -0.634. The van der Waals surface area contributed by atoms with Gasteiger partial charge in [0, 0.05) is 12.0 Å². The molecule has 0 spiro atoms. The Labute approximate surface area is 222 Å². The van der Waals surface area contributed by atoms with Crippen LogP contribution in [0.25, 0.3) is 0 Å². The van der Waals surface area contributed by atoms with Crippen LogP contribution in [0.15, 0.2) is 22.0 Å². The van der Waals surface area contributed by atoms with Gasteiger partial charge in [0.25, 0.3) is 0 Å². The first kappa shape index (κ1) is 36.8. The molecule has 0 saturated carbocycles. The molecule has 0 aromatic heterocycles. The molecule has 3 nitrogen and oxygen atoms in total. The molecule has 1 aliphatic rings. The van der Waals surface area contributed by atoms with E-state index in [1.165, 1.54) is 6.08 Å². The number of aliphatic hydroxyl groups excluding tert-OH is 1. The van der Waals surface area contributed by atoms with Crippen LogP contribution in [0.4, 0.5) is 8.63 Å². The maximum atomic E-state index is 11.6. The quantitative estimate of drug-likeness (QED) is 0.573. The molecule has 0 bridgehead atoms. The van der Waals surface area contributed by atoms with Crippen molar-refractivity contribution in [1.82, 2.24) is 0 Å². The van der Waals surface area contributed by atoms with E-state index in [0.29, 0.717) is 10.8 Å². The van der Waals surface area contributed by atoms with Gasteiger partial charge in [-0.1, -0.05) is 63.0 Å². The summed E-state index contributed by atoms with van der Waals surface area (Å²) >= 11 is 11.3. The molecule has 1 saturated heterocycles. The third-order valence-corrected chi connectivity index (χ3v) is 4.27. The van der Waals surface area contributed by atoms with Crippen molar-refractivity contribution in [2.24, 2.45) is 11.8 Å². The van der Waals surface area contributed by atoms with Crippen LogP contribution in [0.2, 0.25) is 0 Å². The first-order valence-electron chi connectivity index (χ1n) is 8.52. The van der Waals surface area contributed by atoms with Crippen molar-refractivity contribution < 1.29 is 79.1 Å². The van der Waals surface area contributed by atoms with Crippen LogP contribution < -0.4 is 56.1 Å². The molecule has 11 heteroatoms. The fraction of sp³-hybridized carbons (Fsp3) is 0.765. The van der Waals surface area contributed by atoms with Gasteiger partial charge in [-0.15, -0.1) is 0 Å². The number of allylic oxidation sites excluding steroid dienone is 2. The summed E-state index contributed by atoms with van der Waals surface area (Å²) in [4.78, 5) is 0.286. The smallest absolute Gasteiger partial charge is 1.00 e. The monoisotopic (exact) mass is 472 g/mol. The van der Waals surface area contributed by atoms with Gasteiger partial charge in [0.15, 0.2) is 0 Å². The molecule has 0 amide bonds. The Hall–Kier alpha value is 1.50. The first-order chi connectivity index (χ1) is 11.7. The molecule has 0 aromatic rings. The van der Waals surface area contributed by atoms with Gasteiger partial charge >= 0.3 is 65.8 Å². The minimum atomic E-state index is -2.52. The Morgan fingerprint density at radius 1 is 0.929 bits per heavy atom. The van der Waals surface area contributed by atoms with Gasteiger partial charge in [0.2, 0.25) is 0 Å². The molecule has 1 heterocycles. The fourth-order valence-electron chi connectivity index (χ4n) is 1.74. The third kappa shape index (κ3) is 14.5. The molecular weight excluding hydrogens is 441 g/mol. The predicted molar refractivity (Wildman–Crippen MR) is 110 cm³/mol. The molecule has 0 atom stereocenters. The number of hydrogen-bond donors (Lipinski definition) is 1. The van der Waals surface area contributed by atoms with Gasteiger partial charge in [-0.25, -0.2) is 0 Å². The number of hydrogen-bond acceptors (Lipinski definition) is 3. The Morgan fingerprint density at radius 3 is 1.46 bits per heavy atom. The van der Waals surface area contributed by atoms with Crippen LogP contribution in [0, 0.1) is 11.8 Å². The molecular formula is C17H32B2Cl2F3KO3. The average Bonchev–Trinajstić information content (AvgIpc) is 2.69. The maximum Gasteiger partial charge on any atom is 1.00 e. The molecule has 0 radical (unpaired) electrons. The molecule has 160 valence electrons. The summed E-state index contributed by atoms with van der Waals surface area (Å²) < 4.78 is 34.8. The molecule has 28 heavy (non-hydrogen) atoms. The van der Waals surface area contributed by atoms with Crippen molar-refractivity contribution in [3.05, 3.63) is 22.0 Å². The van der Waals surface area contributed by atoms with E-state index in [9.17, 15) is 8.63 Å². The summed E-state index contributed by atoms with van der Waals surface area (Å²) in [5, 5.41) is 7.00. The van der Waals surface area contributed by atoms with Crippen LogP contribution in [0.5, 0.6) is 0 Å². The topological polar surface area (TPSA) is 38.7 Å². The molecule has 1 aliphatic heterocycles. The Bertz CT molecular complexity index is 463. The third-order valence-electron chi connectivity index (χ3n) is 3.67. The van der Waals surface area contributed by atoms with E-state index < -0.39 is 14.4 Å². The second-order valence-corrected chi connectivity index (χ2v) is 8.35. The Morgan fingerprint density at radius 2 is 1.25 bits per heavy atom. The number of halogens is 5. The van der Waals surface area contributed by atoms with Crippen LogP contribution in [0.1, 0.15) is 55.4 Å². The molecule has 1 rings (SSSR count). The minimum absolute atomic E-state index is 0. The maximum absolute atomic E-state index is 11.6. The Kier molecular flexibility index (Phi) is 22.5. The summed E-state index contributed by atoms with van der Waals surface area (Å²) in [6, 6.07) is 0. The van der Waals surface area contributed by atoms with Crippen molar-refractivity contribution in [3.63, 3.8) is 0 Å². The van der Waals surface area contributed by atoms with Gasteiger partial charge in [-0.2, -0.15) is 0 Å². The zero-order chi connectivity index (χ0) is 21.3. The zero-order valence-corrected chi connectivity index (χ0v) is 23.3. The predicted octanol–water partition coefficient (Wildman–Crippen LogP) is -0.255. The van der Waals surface area contributed by atoms with Crippen molar-refractivity contribution >= 4 is 37.6 Å². The van der Waals surface area contributed by atoms with E-state index in [-0.39, 0.29) is 78.1 Å². The van der Waals surface area contributed by atoms with Crippen molar-refractivity contribution in [1.29, 1.82) is 0 Å². The van der Waals surface area contributed by atoms with Crippen molar-refractivity contribution in [2.75, 3.05) is 7.11 Å². The molecule has 1 N–H and O–H groups in total. The fourth-order valence-corrected chi connectivity index (χ4v) is 2.34. The van der Waals surface area contributed by atoms with Gasteiger partial charge in [-0.05, 0) is 39.5 Å². The summed E-state index contributed by atoms with van der Waals surface area (Å²) in [6.07, 6.45) is 3.30. The van der Waals surface area contributed by atoms with Gasteiger partial charge in [0.1, 0.15) is 0 Å². The standard InChI is InChI=1S/C11H20BClO2.C5H8BClF2.CH4O.FH.K/c1-8(2)7-9(13)12-14-10(3,4)11(5,6)15-12;1-4(2)3-5(7)6(8)9;1-2;;/h7-8H,1-6H3;3-4H,1-2H3;2H,1H3;1H;/q;;;;+1/p-1/b9-7+;5-3+;;;. The first-order valence-corrected chi connectivity index (χ1v) is 9.28. The second kappa shape index (κ2) is 17.1. The van der Waals surface area contributed by atoms with Gasteiger partial charge < -0.3 is 19.1 Å². The molecule has 1 fully saturated rings. The molecule has 0 aliphatic carbocycles. The molecule has 0 aromatic carbocycles. The van der Waals surface area contributed by atoms with Crippen molar-refractivity contribution in [3.8, 4) is 0 Å². The van der Waals surface area contributed by atoms with Crippen LogP contribution in [-0.4, -0.2) is 37.8 Å². The second-order valence-electron chi connectivity index (χ2n) is 7.48. The van der Waals surface area contributed by atoms with E-state index in [1.807, 2.05) is 33.8 Å². The summed E-state index contributed by atoms with van der Waals surface area (Å²) in [5.74, 6) is 0.489. The van der Waals surface area contributed by atoms with E-state index >= 15 is 0 Å². The van der Waals surface area contributed by atoms with Crippen molar-refractivity contribution in [2.45, 2.75) is 66.6 Å². The summed E-state index contributed by atoms with van der Waals surface area (Å²) in [7, 11) is -1.94. The van der Waals surface area contributed by atoms with E-state index in [1.54, 1.807) is 13.8 Å². The summed E-state index contributed by atoms with van der Waals surface area (Å²) in [6.45, 7) is 15.8. The Balaban J connectivity index is -0.000000194. The van der Waals surface area contributed by atoms with E-state index in [4.69, 9.17) is 37.6 Å². The normalized spacial score (nSPS) is 17.6. The van der Waals surface area contributed by atoms with E-state index in [0.717, 1.165) is 7.11 Å². The SMILES string of the molecule is CC(C)/C=C(/Cl)B(F)F.CC(C)/C=C(/Cl)B1OC(C)(C)C(C)(C)O1.CO.[F-].[K+].